The molecule has 0 bridgehead atoms. The van der Waals surface area contributed by atoms with E-state index in [1.165, 1.54) is 15.6 Å². The first-order chi connectivity index (χ1) is 11.5. The Labute approximate surface area is 150 Å². The molecule has 130 valence electrons. The van der Waals surface area contributed by atoms with Gasteiger partial charge in [-0.1, -0.05) is 17.7 Å². The average Bonchev–Trinajstić information content (AvgIpc) is 3.00. The van der Waals surface area contributed by atoms with Crippen LogP contribution in [-0.2, 0) is 21.3 Å². The molecule has 1 saturated heterocycles. The minimum atomic E-state index is -3.51. The Morgan fingerprint density at radius 3 is 2.79 bits per heavy atom. The summed E-state index contributed by atoms with van der Waals surface area (Å²) in [6.07, 6.45) is 1.71. The van der Waals surface area contributed by atoms with E-state index in [0.29, 0.717) is 42.2 Å². The molecule has 9 heteroatoms. The zero-order valence-corrected chi connectivity index (χ0v) is 15.5. The van der Waals surface area contributed by atoms with Crippen LogP contribution >= 0.6 is 22.9 Å². The van der Waals surface area contributed by atoms with Crippen molar-refractivity contribution < 1.29 is 13.2 Å². The molecule has 0 saturated carbocycles. The van der Waals surface area contributed by atoms with E-state index in [1.54, 1.807) is 19.2 Å². The lowest BCUT2D eigenvalue weighted by atomic mass is 10.2. The number of benzene rings is 1. The molecular weight excluding hydrogens is 370 g/mol. The van der Waals surface area contributed by atoms with Gasteiger partial charge >= 0.3 is 0 Å². The van der Waals surface area contributed by atoms with Crippen LogP contribution in [0.1, 0.15) is 10.4 Å². The molecule has 1 fully saturated rings. The smallest absolute Gasteiger partial charge is 0.243 e. The van der Waals surface area contributed by atoms with E-state index in [0.717, 1.165) is 16.1 Å². The van der Waals surface area contributed by atoms with Crippen molar-refractivity contribution in [2.24, 2.45) is 0 Å². The van der Waals surface area contributed by atoms with Crippen LogP contribution < -0.4 is 5.32 Å². The van der Waals surface area contributed by atoms with Crippen LogP contribution in [0.2, 0.25) is 4.47 Å². The Morgan fingerprint density at radius 1 is 1.38 bits per heavy atom. The Morgan fingerprint density at radius 2 is 2.12 bits per heavy atom. The molecule has 3 rings (SSSR count). The Balaban J connectivity index is 1.80. The number of ether oxygens (including phenoxy) is 1. The SMILES string of the molecule is Cc1ccc(NCc2cnc(Cl)s2)cc1S(=O)(=O)N1CCOCC1. The van der Waals surface area contributed by atoms with Gasteiger partial charge in [-0.25, -0.2) is 13.4 Å². The van der Waals surface area contributed by atoms with Crippen molar-refractivity contribution in [3.8, 4) is 0 Å². The third-order valence-corrected chi connectivity index (χ3v) is 6.92. The van der Waals surface area contributed by atoms with Gasteiger partial charge in [-0.3, -0.25) is 0 Å². The monoisotopic (exact) mass is 387 g/mol. The minimum absolute atomic E-state index is 0.330. The molecule has 0 atom stereocenters. The van der Waals surface area contributed by atoms with Crippen molar-refractivity contribution in [3.05, 3.63) is 39.3 Å². The molecule has 1 N–H and O–H groups in total. The normalized spacial score (nSPS) is 16.2. The molecule has 0 spiro atoms. The fraction of sp³-hybridized carbons (Fsp3) is 0.400. The van der Waals surface area contributed by atoms with E-state index < -0.39 is 10.0 Å². The molecule has 1 aromatic carbocycles. The zero-order valence-electron chi connectivity index (χ0n) is 13.2. The highest BCUT2D eigenvalue weighted by atomic mass is 35.5. The highest BCUT2D eigenvalue weighted by Gasteiger charge is 2.27. The van der Waals surface area contributed by atoms with Gasteiger partial charge in [0.2, 0.25) is 10.0 Å². The second-order valence-corrected chi connectivity index (χ2v) is 9.03. The van der Waals surface area contributed by atoms with Gasteiger partial charge in [0, 0.05) is 29.9 Å². The Kier molecular flexibility index (Phi) is 5.41. The van der Waals surface area contributed by atoms with Crippen molar-refractivity contribution in [1.82, 2.24) is 9.29 Å². The zero-order chi connectivity index (χ0) is 17.2. The number of nitrogens with zero attached hydrogens (tertiary/aromatic N) is 2. The highest BCUT2D eigenvalue weighted by Crippen LogP contribution is 2.25. The molecule has 0 aliphatic carbocycles. The number of anilines is 1. The van der Waals surface area contributed by atoms with Crippen molar-refractivity contribution in [2.75, 3.05) is 31.6 Å². The topological polar surface area (TPSA) is 71.5 Å². The number of hydrogen-bond donors (Lipinski definition) is 1. The van der Waals surface area contributed by atoms with E-state index in [2.05, 4.69) is 10.3 Å². The summed E-state index contributed by atoms with van der Waals surface area (Å²) in [4.78, 5) is 5.31. The summed E-state index contributed by atoms with van der Waals surface area (Å²) in [5.74, 6) is 0. The molecule has 0 unspecified atom stereocenters. The number of aryl methyl sites for hydroxylation is 1. The first-order valence-electron chi connectivity index (χ1n) is 7.49. The third-order valence-electron chi connectivity index (χ3n) is 3.77. The molecule has 0 amide bonds. The van der Waals surface area contributed by atoms with Crippen LogP contribution in [-0.4, -0.2) is 44.0 Å². The number of nitrogens with one attached hydrogen (secondary N) is 1. The molecule has 2 aromatic rings. The first-order valence-corrected chi connectivity index (χ1v) is 10.1. The van der Waals surface area contributed by atoms with E-state index in [-0.39, 0.29) is 0 Å². The van der Waals surface area contributed by atoms with Crippen molar-refractivity contribution in [2.45, 2.75) is 18.4 Å². The molecule has 1 aliphatic heterocycles. The van der Waals surface area contributed by atoms with Crippen molar-refractivity contribution in [1.29, 1.82) is 0 Å². The van der Waals surface area contributed by atoms with Crippen molar-refractivity contribution >= 4 is 38.6 Å². The average molecular weight is 388 g/mol. The van der Waals surface area contributed by atoms with E-state index in [9.17, 15) is 8.42 Å². The third kappa shape index (κ3) is 3.89. The molecule has 1 aromatic heterocycles. The summed E-state index contributed by atoms with van der Waals surface area (Å²) in [6, 6.07) is 5.37. The number of halogens is 1. The predicted octanol–water partition coefficient (Wildman–Crippen LogP) is 2.74. The molecule has 0 radical (unpaired) electrons. The fourth-order valence-electron chi connectivity index (χ4n) is 2.47. The number of rotatable bonds is 5. The van der Waals surface area contributed by atoms with Crippen LogP contribution in [0, 0.1) is 6.92 Å². The maximum atomic E-state index is 12.9. The number of aromatic nitrogens is 1. The summed E-state index contributed by atoms with van der Waals surface area (Å²) < 4.78 is 32.9. The fourth-order valence-corrected chi connectivity index (χ4v) is 5.04. The van der Waals surface area contributed by atoms with Gasteiger partial charge in [0.05, 0.1) is 24.7 Å². The largest absolute Gasteiger partial charge is 0.380 e. The van der Waals surface area contributed by atoms with Gasteiger partial charge in [-0.05, 0) is 24.6 Å². The molecule has 6 nitrogen and oxygen atoms in total. The van der Waals surface area contributed by atoms with Crippen LogP contribution in [0.5, 0.6) is 0 Å². The van der Waals surface area contributed by atoms with Crippen LogP contribution in [0.4, 0.5) is 5.69 Å². The Hall–Kier alpha value is -1.19. The summed E-state index contributed by atoms with van der Waals surface area (Å²) >= 11 is 7.21. The maximum Gasteiger partial charge on any atom is 0.243 e. The predicted molar refractivity (Wildman–Crippen MR) is 95.2 cm³/mol. The number of thiazole rings is 1. The van der Waals surface area contributed by atoms with Gasteiger partial charge in [0.1, 0.15) is 0 Å². The standard InChI is InChI=1S/C15H18ClN3O3S2/c1-11-2-3-12(17-9-13-10-18-15(16)23-13)8-14(11)24(20,21)19-4-6-22-7-5-19/h2-3,8,10,17H,4-7,9H2,1H3. The number of morpholine rings is 1. The van der Waals surface area contributed by atoms with Gasteiger partial charge in [0.25, 0.3) is 0 Å². The van der Waals surface area contributed by atoms with Gasteiger partial charge in [-0.2, -0.15) is 4.31 Å². The molecule has 1 aliphatic rings. The summed E-state index contributed by atoms with van der Waals surface area (Å²) in [7, 11) is -3.51. The number of hydrogen-bond acceptors (Lipinski definition) is 6. The molecular formula is C15H18ClN3O3S2. The van der Waals surface area contributed by atoms with E-state index in [4.69, 9.17) is 16.3 Å². The highest BCUT2D eigenvalue weighted by molar-refractivity contribution is 7.89. The first kappa shape index (κ1) is 17.6. The minimum Gasteiger partial charge on any atom is -0.380 e. The van der Waals surface area contributed by atoms with Crippen molar-refractivity contribution in [3.63, 3.8) is 0 Å². The van der Waals surface area contributed by atoms with E-state index in [1.807, 2.05) is 12.1 Å². The van der Waals surface area contributed by atoms with Crippen LogP contribution in [0.15, 0.2) is 29.3 Å². The summed E-state index contributed by atoms with van der Waals surface area (Å²) in [5, 5.41) is 3.22. The lowest BCUT2D eigenvalue weighted by Gasteiger charge is -2.26. The van der Waals surface area contributed by atoms with E-state index >= 15 is 0 Å². The Bertz CT molecular complexity index is 817. The van der Waals surface area contributed by atoms with Crippen LogP contribution in [0.25, 0.3) is 0 Å². The molecule has 2 heterocycles. The lowest BCUT2D eigenvalue weighted by molar-refractivity contribution is 0.0730. The quantitative estimate of drug-likeness (QED) is 0.854. The maximum absolute atomic E-state index is 12.9. The van der Waals surface area contributed by atoms with Gasteiger partial charge in [0.15, 0.2) is 4.47 Å². The second-order valence-electron chi connectivity index (χ2n) is 5.43. The molecule has 24 heavy (non-hydrogen) atoms. The van der Waals surface area contributed by atoms with Gasteiger partial charge < -0.3 is 10.1 Å². The summed E-state index contributed by atoms with van der Waals surface area (Å²) in [5.41, 5.74) is 1.48. The lowest BCUT2D eigenvalue weighted by Crippen LogP contribution is -2.40. The van der Waals surface area contributed by atoms with Crippen LogP contribution in [0.3, 0.4) is 0 Å². The summed E-state index contributed by atoms with van der Waals surface area (Å²) in [6.45, 7) is 3.99. The van der Waals surface area contributed by atoms with Gasteiger partial charge in [-0.15, -0.1) is 11.3 Å². The second kappa shape index (κ2) is 7.37. The number of sulfonamides is 1.